The number of nitrogens with two attached hydrogens (primary N) is 1. The highest BCUT2D eigenvalue weighted by molar-refractivity contribution is 5.96. The molecule has 0 atom stereocenters. The van der Waals surface area contributed by atoms with E-state index < -0.39 is 0 Å². The van der Waals surface area contributed by atoms with Gasteiger partial charge in [0.2, 0.25) is 0 Å². The zero-order valence-corrected chi connectivity index (χ0v) is 13.6. The molecule has 2 aromatic carbocycles. The third-order valence-electron chi connectivity index (χ3n) is 3.39. The second kappa shape index (κ2) is 8.41. The largest absolute Gasteiger partial charge is 0.496 e. The number of nitrogens with one attached hydrogen (secondary N) is 1. The maximum atomic E-state index is 11.8. The first kappa shape index (κ1) is 18.0. The first-order valence-electron chi connectivity index (χ1n) is 6.89. The van der Waals surface area contributed by atoms with Crippen molar-refractivity contribution in [2.24, 2.45) is 5.73 Å². The van der Waals surface area contributed by atoms with E-state index in [-0.39, 0.29) is 18.3 Å². The summed E-state index contributed by atoms with van der Waals surface area (Å²) in [6, 6.07) is 13.6. The fourth-order valence-electron chi connectivity index (χ4n) is 2.24. The van der Waals surface area contributed by atoms with E-state index in [9.17, 15) is 4.79 Å². The van der Waals surface area contributed by atoms with Gasteiger partial charge in [0, 0.05) is 18.2 Å². The Morgan fingerprint density at radius 3 is 2.41 bits per heavy atom. The van der Waals surface area contributed by atoms with Gasteiger partial charge in [0.1, 0.15) is 5.75 Å². The van der Waals surface area contributed by atoms with Gasteiger partial charge in [0.15, 0.2) is 0 Å². The van der Waals surface area contributed by atoms with Gasteiger partial charge in [-0.25, -0.2) is 0 Å². The molecule has 118 valence electrons. The van der Waals surface area contributed by atoms with Crippen LogP contribution in [-0.2, 0) is 6.42 Å². The monoisotopic (exact) mass is 320 g/mol. The maximum absolute atomic E-state index is 11.8. The van der Waals surface area contributed by atoms with Gasteiger partial charge < -0.3 is 15.8 Å². The second-order valence-corrected chi connectivity index (χ2v) is 4.73. The van der Waals surface area contributed by atoms with Crippen LogP contribution in [0.15, 0.2) is 42.5 Å². The van der Waals surface area contributed by atoms with Crippen molar-refractivity contribution in [3.63, 3.8) is 0 Å². The third kappa shape index (κ3) is 4.00. The molecule has 1 amide bonds. The van der Waals surface area contributed by atoms with E-state index >= 15 is 0 Å². The van der Waals surface area contributed by atoms with E-state index in [2.05, 4.69) is 5.32 Å². The van der Waals surface area contributed by atoms with Crippen molar-refractivity contribution in [3.8, 4) is 16.9 Å². The quantitative estimate of drug-likeness (QED) is 0.890. The molecule has 0 saturated heterocycles. The Kier molecular flexibility index (Phi) is 6.89. The average molecular weight is 321 g/mol. The normalized spacial score (nSPS) is 9.77. The number of benzene rings is 2. The zero-order chi connectivity index (χ0) is 15.2. The topological polar surface area (TPSA) is 64.3 Å². The van der Waals surface area contributed by atoms with Crippen LogP contribution in [0.1, 0.15) is 15.9 Å². The van der Waals surface area contributed by atoms with Crippen LogP contribution in [0.5, 0.6) is 5.75 Å². The van der Waals surface area contributed by atoms with Crippen LogP contribution >= 0.6 is 12.4 Å². The summed E-state index contributed by atoms with van der Waals surface area (Å²) in [4.78, 5) is 11.8. The van der Waals surface area contributed by atoms with E-state index in [0.29, 0.717) is 12.1 Å². The molecule has 2 rings (SSSR count). The van der Waals surface area contributed by atoms with E-state index in [0.717, 1.165) is 23.3 Å². The fraction of sp³-hybridized carbons (Fsp3) is 0.235. The van der Waals surface area contributed by atoms with Gasteiger partial charge in [-0.2, -0.15) is 0 Å². The minimum Gasteiger partial charge on any atom is -0.496 e. The lowest BCUT2D eigenvalue weighted by atomic mass is 9.99. The van der Waals surface area contributed by atoms with Crippen LogP contribution in [0.25, 0.3) is 11.1 Å². The van der Waals surface area contributed by atoms with Gasteiger partial charge in [-0.3, -0.25) is 4.79 Å². The molecule has 0 fully saturated rings. The van der Waals surface area contributed by atoms with Crippen LogP contribution in [0.3, 0.4) is 0 Å². The summed E-state index contributed by atoms with van der Waals surface area (Å²) in [7, 11) is 3.25. The lowest BCUT2D eigenvalue weighted by Gasteiger charge is -2.11. The van der Waals surface area contributed by atoms with Gasteiger partial charge >= 0.3 is 0 Å². The van der Waals surface area contributed by atoms with Gasteiger partial charge in [-0.15, -0.1) is 12.4 Å². The predicted octanol–water partition coefficient (Wildman–Crippen LogP) is 2.64. The van der Waals surface area contributed by atoms with Crippen molar-refractivity contribution >= 4 is 18.3 Å². The molecule has 0 unspecified atom stereocenters. The molecule has 0 aromatic heterocycles. The summed E-state index contributed by atoms with van der Waals surface area (Å²) in [5.74, 6) is 0.632. The number of carbonyl (C=O) groups is 1. The van der Waals surface area contributed by atoms with E-state index in [1.807, 2.05) is 36.4 Å². The Bertz CT molecular complexity index is 627. The number of hydrogen-bond donors (Lipinski definition) is 2. The highest BCUT2D eigenvalue weighted by atomic mass is 35.5. The molecule has 0 aliphatic rings. The Labute approximate surface area is 137 Å². The molecule has 0 bridgehead atoms. The SMILES string of the molecule is CNC(=O)c1ccc(OC)c(-c2ccc(CCN)cc2)c1.Cl. The molecule has 22 heavy (non-hydrogen) atoms. The summed E-state index contributed by atoms with van der Waals surface area (Å²) >= 11 is 0. The Hall–Kier alpha value is -2.04. The average Bonchev–Trinajstić information content (AvgIpc) is 2.54. The van der Waals surface area contributed by atoms with Crippen LogP contribution in [0.2, 0.25) is 0 Å². The summed E-state index contributed by atoms with van der Waals surface area (Å²) in [5.41, 5.74) is 9.28. The lowest BCUT2D eigenvalue weighted by molar-refractivity contribution is 0.0963. The minimum absolute atomic E-state index is 0. The molecule has 0 saturated carbocycles. The number of methoxy groups -OCH3 is 1. The number of halogens is 1. The number of carbonyl (C=O) groups excluding carboxylic acids is 1. The number of hydrogen-bond acceptors (Lipinski definition) is 3. The van der Waals surface area contributed by atoms with E-state index in [1.54, 1.807) is 20.2 Å². The number of amides is 1. The molecular formula is C17H21ClN2O2. The van der Waals surface area contributed by atoms with Crippen molar-refractivity contribution in [1.29, 1.82) is 0 Å². The summed E-state index contributed by atoms with van der Waals surface area (Å²) in [6.45, 7) is 0.634. The molecule has 0 radical (unpaired) electrons. The highest BCUT2D eigenvalue weighted by Gasteiger charge is 2.10. The van der Waals surface area contributed by atoms with Crippen molar-refractivity contribution in [2.75, 3.05) is 20.7 Å². The van der Waals surface area contributed by atoms with Crippen LogP contribution in [0, 0.1) is 0 Å². The zero-order valence-electron chi connectivity index (χ0n) is 12.8. The molecule has 0 heterocycles. The van der Waals surface area contributed by atoms with Crippen LogP contribution in [0.4, 0.5) is 0 Å². The molecule has 2 aromatic rings. The van der Waals surface area contributed by atoms with Gasteiger partial charge in [-0.1, -0.05) is 24.3 Å². The third-order valence-corrected chi connectivity index (χ3v) is 3.39. The first-order valence-corrected chi connectivity index (χ1v) is 6.89. The van der Waals surface area contributed by atoms with Crippen molar-refractivity contribution < 1.29 is 9.53 Å². The second-order valence-electron chi connectivity index (χ2n) is 4.73. The highest BCUT2D eigenvalue weighted by Crippen LogP contribution is 2.31. The molecular weight excluding hydrogens is 300 g/mol. The van der Waals surface area contributed by atoms with Gasteiger partial charge in [0.25, 0.3) is 5.91 Å². The summed E-state index contributed by atoms with van der Waals surface area (Å²) in [5, 5.41) is 2.63. The minimum atomic E-state index is -0.112. The van der Waals surface area contributed by atoms with Crippen molar-refractivity contribution in [2.45, 2.75) is 6.42 Å². The van der Waals surface area contributed by atoms with E-state index in [4.69, 9.17) is 10.5 Å². The number of ether oxygens (including phenoxy) is 1. The molecule has 0 aliphatic carbocycles. The Morgan fingerprint density at radius 2 is 1.86 bits per heavy atom. The maximum Gasteiger partial charge on any atom is 0.251 e. The summed E-state index contributed by atoms with van der Waals surface area (Å²) in [6.07, 6.45) is 0.857. The molecule has 0 spiro atoms. The van der Waals surface area contributed by atoms with Crippen molar-refractivity contribution in [3.05, 3.63) is 53.6 Å². The fourth-order valence-corrected chi connectivity index (χ4v) is 2.24. The molecule has 4 nitrogen and oxygen atoms in total. The van der Waals surface area contributed by atoms with Crippen molar-refractivity contribution in [1.82, 2.24) is 5.32 Å². The standard InChI is InChI=1S/C17H20N2O2.ClH/c1-19-17(20)14-7-8-16(21-2)15(11-14)13-5-3-12(4-6-13)9-10-18;/h3-8,11H,9-10,18H2,1-2H3,(H,19,20);1H. The van der Waals surface area contributed by atoms with Crippen LogP contribution in [-0.4, -0.2) is 26.6 Å². The molecule has 0 aliphatic heterocycles. The van der Waals surface area contributed by atoms with Crippen LogP contribution < -0.4 is 15.8 Å². The smallest absolute Gasteiger partial charge is 0.251 e. The Morgan fingerprint density at radius 1 is 1.18 bits per heavy atom. The first-order chi connectivity index (χ1) is 10.2. The van der Waals surface area contributed by atoms with Gasteiger partial charge in [0.05, 0.1) is 7.11 Å². The molecule has 3 N–H and O–H groups in total. The van der Waals surface area contributed by atoms with Gasteiger partial charge in [-0.05, 0) is 42.3 Å². The lowest BCUT2D eigenvalue weighted by Crippen LogP contribution is -2.17. The molecule has 5 heteroatoms. The predicted molar refractivity (Wildman–Crippen MR) is 91.8 cm³/mol. The Balaban J connectivity index is 0.00000242. The summed E-state index contributed by atoms with van der Waals surface area (Å²) < 4.78 is 5.39. The van der Waals surface area contributed by atoms with E-state index in [1.165, 1.54) is 5.56 Å². The number of rotatable bonds is 5.